The lowest BCUT2D eigenvalue weighted by Crippen LogP contribution is -2.19. The number of likely N-dealkylation sites (tertiary alicyclic amines) is 1. The molecule has 0 bridgehead atoms. The maximum absolute atomic E-state index is 12.8. The lowest BCUT2D eigenvalue weighted by Gasteiger charge is -2.19. The quantitative estimate of drug-likeness (QED) is 0.755. The first kappa shape index (κ1) is 14.3. The van der Waals surface area contributed by atoms with E-state index in [1.165, 1.54) is 12.8 Å². The first-order valence-electron chi connectivity index (χ1n) is 8.11. The Hall–Kier alpha value is -2.33. The summed E-state index contributed by atoms with van der Waals surface area (Å²) in [6, 6.07) is 11.5. The number of ether oxygens (including phenoxy) is 1. The average molecular weight is 308 g/mol. The third-order valence-electron chi connectivity index (χ3n) is 4.75. The van der Waals surface area contributed by atoms with Crippen molar-refractivity contribution in [3.63, 3.8) is 0 Å². The van der Waals surface area contributed by atoms with Gasteiger partial charge in [0.25, 0.3) is 0 Å². The van der Waals surface area contributed by atoms with Gasteiger partial charge in [-0.15, -0.1) is 0 Å². The van der Waals surface area contributed by atoms with Gasteiger partial charge < -0.3 is 9.72 Å². The van der Waals surface area contributed by atoms with Gasteiger partial charge in [-0.25, -0.2) is 0 Å². The number of hydrogen-bond donors (Lipinski definition) is 1. The highest BCUT2D eigenvalue weighted by molar-refractivity contribution is 5.94. The number of H-pyrrole nitrogens is 1. The molecule has 4 heteroatoms. The van der Waals surface area contributed by atoms with Crippen LogP contribution in [0.1, 0.15) is 18.4 Å². The number of aromatic amines is 1. The molecule has 2 aromatic carbocycles. The molecule has 1 aliphatic rings. The number of methoxy groups -OCH3 is 1. The van der Waals surface area contributed by atoms with E-state index in [0.717, 1.165) is 52.8 Å². The fourth-order valence-electron chi connectivity index (χ4n) is 3.54. The van der Waals surface area contributed by atoms with Gasteiger partial charge >= 0.3 is 0 Å². The van der Waals surface area contributed by atoms with Crippen LogP contribution in [-0.2, 0) is 6.54 Å². The minimum absolute atomic E-state index is 0.0830. The van der Waals surface area contributed by atoms with Crippen LogP contribution in [-0.4, -0.2) is 30.1 Å². The Bertz CT molecular complexity index is 924. The molecule has 0 unspecified atom stereocenters. The van der Waals surface area contributed by atoms with Crippen molar-refractivity contribution < 1.29 is 4.74 Å². The molecule has 3 aromatic rings. The number of nitrogens with one attached hydrogen (secondary N) is 1. The second-order valence-electron chi connectivity index (χ2n) is 6.15. The summed E-state index contributed by atoms with van der Waals surface area (Å²) in [7, 11) is 1.69. The van der Waals surface area contributed by atoms with E-state index in [0.29, 0.717) is 0 Å². The summed E-state index contributed by atoms with van der Waals surface area (Å²) in [5.74, 6) is 0.843. The molecule has 0 aliphatic carbocycles. The van der Waals surface area contributed by atoms with Crippen molar-refractivity contribution in [3.8, 4) is 5.75 Å². The molecule has 2 heterocycles. The Morgan fingerprint density at radius 1 is 1.09 bits per heavy atom. The second-order valence-corrected chi connectivity index (χ2v) is 6.15. The highest BCUT2D eigenvalue weighted by Crippen LogP contribution is 2.29. The van der Waals surface area contributed by atoms with E-state index in [9.17, 15) is 4.79 Å². The van der Waals surface area contributed by atoms with Crippen LogP contribution in [0, 0.1) is 0 Å². The van der Waals surface area contributed by atoms with Crippen molar-refractivity contribution >= 4 is 21.8 Å². The van der Waals surface area contributed by atoms with E-state index in [4.69, 9.17) is 4.74 Å². The van der Waals surface area contributed by atoms with Gasteiger partial charge in [0.2, 0.25) is 0 Å². The minimum Gasteiger partial charge on any atom is -0.496 e. The highest BCUT2D eigenvalue weighted by atomic mass is 16.5. The molecule has 0 atom stereocenters. The maximum atomic E-state index is 12.8. The van der Waals surface area contributed by atoms with E-state index in [2.05, 4.69) is 9.88 Å². The van der Waals surface area contributed by atoms with Gasteiger partial charge in [0.05, 0.1) is 12.6 Å². The van der Waals surface area contributed by atoms with Crippen molar-refractivity contribution in [3.05, 3.63) is 52.2 Å². The summed E-state index contributed by atoms with van der Waals surface area (Å²) in [6.45, 7) is 3.03. The van der Waals surface area contributed by atoms with Crippen molar-refractivity contribution in [1.29, 1.82) is 0 Å². The molecule has 0 radical (unpaired) electrons. The van der Waals surface area contributed by atoms with Crippen LogP contribution in [0.25, 0.3) is 21.8 Å². The van der Waals surface area contributed by atoms with Crippen molar-refractivity contribution in [1.82, 2.24) is 9.88 Å². The number of nitrogens with zero attached hydrogens (tertiary/aromatic N) is 1. The smallest absolute Gasteiger partial charge is 0.197 e. The van der Waals surface area contributed by atoms with Gasteiger partial charge in [-0.1, -0.05) is 12.1 Å². The second kappa shape index (κ2) is 5.70. The standard InChI is InChI=1S/C19H20N2O2/c1-23-17-9-8-14-18(15(17)12-21-10-4-5-11-21)20-16-7-3-2-6-13(16)19(14)22/h2-3,6-9H,4-5,10-12H2,1H3,(H,20,22). The first-order chi connectivity index (χ1) is 11.3. The van der Waals surface area contributed by atoms with Crippen LogP contribution in [0.4, 0.5) is 0 Å². The Morgan fingerprint density at radius 2 is 1.87 bits per heavy atom. The molecule has 0 spiro atoms. The number of para-hydroxylation sites is 1. The minimum atomic E-state index is 0.0830. The maximum Gasteiger partial charge on any atom is 0.197 e. The number of hydrogen-bond acceptors (Lipinski definition) is 3. The zero-order valence-corrected chi connectivity index (χ0v) is 13.3. The van der Waals surface area contributed by atoms with E-state index in [1.54, 1.807) is 7.11 Å². The molecule has 1 N–H and O–H groups in total. The lowest BCUT2D eigenvalue weighted by atomic mass is 10.0. The third-order valence-corrected chi connectivity index (χ3v) is 4.75. The molecule has 23 heavy (non-hydrogen) atoms. The Kier molecular flexibility index (Phi) is 3.54. The van der Waals surface area contributed by atoms with Crippen LogP contribution in [0.5, 0.6) is 5.75 Å². The molecule has 0 saturated carbocycles. The molecule has 4 rings (SSSR count). The predicted octanol–water partition coefficient (Wildman–Crippen LogP) is 3.29. The Morgan fingerprint density at radius 3 is 2.65 bits per heavy atom. The molecule has 4 nitrogen and oxygen atoms in total. The van der Waals surface area contributed by atoms with Crippen LogP contribution in [0.15, 0.2) is 41.2 Å². The number of benzene rings is 2. The molecule has 1 saturated heterocycles. The summed E-state index contributed by atoms with van der Waals surface area (Å²) in [6.07, 6.45) is 2.49. The third kappa shape index (κ3) is 2.39. The zero-order chi connectivity index (χ0) is 15.8. The van der Waals surface area contributed by atoms with Crippen molar-refractivity contribution in [2.75, 3.05) is 20.2 Å². The van der Waals surface area contributed by atoms with E-state index in [-0.39, 0.29) is 5.43 Å². The topological polar surface area (TPSA) is 45.3 Å². The predicted molar refractivity (Wildman–Crippen MR) is 93.1 cm³/mol. The summed E-state index contributed by atoms with van der Waals surface area (Å²) >= 11 is 0. The fourth-order valence-corrected chi connectivity index (χ4v) is 3.54. The number of pyridine rings is 1. The molecule has 1 aromatic heterocycles. The molecule has 118 valence electrons. The van der Waals surface area contributed by atoms with Gasteiger partial charge in [-0.05, 0) is 50.2 Å². The van der Waals surface area contributed by atoms with Gasteiger partial charge in [-0.2, -0.15) is 0 Å². The Balaban J connectivity index is 1.99. The Labute approximate surface area is 134 Å². The molecule has 0 amide bonds. The monoisotopic (exact) mass is 308 g/mol. The highest BCUT2D eigenvalue weighted by Gasteiger charge is 2.18. The summed E-state index contributed by atoms with van der Waals surface area (Å²) in [5.41, 5.74) is 2.94. The van der Waals surface area contributed by atoms with Gasteiger partial charge in [0, 0.05) is 28.4 Å². The molecule has 1 aliphatic heterocycles. The van der Waals surface area contributed by atoms with Crippen LogP contribution >= 0.6 is 0 Å². The molecule has 1 fully saturated rings. The average Bonchev–Trinajstić information content (AvgIpc) is 3.09. The summed E-state index contributed by atoms with van der Waals surface area (Å²) < 4.78 is 5.57. The number of aromatic nitrogens is 1. The summed E-state index contributed by atoms with van der Waals surface area (Å²) in [5, 5.41) is 1.47. The fraction of sp³-hybridized carbons (Fsp3) is 0.316. The van der Waals surface area contributed by atoms with Crippen LogP contribution < -0.4 is 10.2 Å². The SMILES string of the molecule is COc1ccc2c(=O)c3ccccc3[nH]c2c1CN1CCCC1. The van der Waals surface area contributed by atoms with E-state index in [1.807, 2.05) is 36.4 Å². The van der Waals surface area contributed by atoms with Gasteiger partial charge in [0.15, 0.2) is 5.43 Å². The molecular formula is C19H20N2O2. The zero-order valence-electron chi connectivity index (χ0n) is 13.3. The number of rotatable bonds is 3. The summed E-state index contributed by atoms with van der Waals surface area (Å²) in [4.78, 5) is 18.7. The van der Waals surface area contributed by atoms with Gasteiger partial charge in [0.1, 0.15) is 5.75 Å². The normalized spacial score (nSPS) is 15.5. The van der Waals surface area contributed by atoms with Gasteiger partial charge in [-0.3, -0.25) is 9.69 Å². The number of fused-ring (bicyclic) bond motifs is 2. The largest absolute Gasteiger partial charge is 0.496 e. The lowest BCUT2D eigenvalue weighted by molar-refractivity contribution is 0.322. The van der Waals surface area contributed by atoms with E-state index >= 15 is 0 Å². The van der Waals surface area contributed by atoms with Crippen LogP contribution in [0.3, 0.4) is 0 Å². The van der Waals surface area contributed by atoms with Crippen LogP contribution in [0.2, 0.25) is 0 Å². The van der Waals surface area contributed by atoms with Crippen molar-refractivity contribution in [2.24, 2.45) is 0 Å². The molecular weight excluding hydrogens is 288 g/mol. The van der Waals surface area contributed by atoms with E-state index < -0.39 is 0 Å². The first-order valence-corrected chi connectivity index (χ1v) is 8.11. The van der Waals surface area contributed by atoms with Crippen molar-refractivity contribution in [2.45, 2.75) is 19.4 Å².